The van der Waals surface area contributed by atoms with Gasteiger partial charge >= 0.3 is 0 Å². The molecule has 1 aromatic carbocycles. The summed E-state index contributed by atoms with van der Waals surface area (Å²) in [5.41, 5.74) is 5.48. The van der Waals surface area contributed by atoms with Gasteiger partial charge in [0.25, 0.3) is 0 Å². The van der Waals surface area contributed by atoms with Gasteiger partial charge in [-0.15, -0.1) is 0 Å². The van der Waals surface area contributed by atoms with Crippen LogP contribution in [0.1, 0.15) is 24.5 Å². The number of nitrogens with two attached hydrogens (primary N) is 1. The number of aliphatic hydroxyl groups is 1. The van der Waals surface area contributed by atoms with E-state index < -0.39 is 17.5 Å². The Balaban J connectivity index is 2.35. The van der Waals surface area contributed by atoms with Crippen LogP contribution in [0.3, 0.4) is 0 Å². The molecule has 0 bridgehead atoms. The van der Waals surface area contributed by atoms with E-state index in [1.54, 1.807) is 12.1 Å². The van der Waals surface area contributed by atoms with Crippen LogP contribution in [0.15, 0.2) is 22.7 Å². The third-order valence-corrected chi connectivity index (χ3v) is 3.12. The quantitative estimate of drug-likeness (QED) is 0.855. The standard InChI is InChI=1S/C10H11BrFNO/c11-6-1-2-8(12)7(5-6)9(14)10(13)3-4-10/h1-2,5,9,14H,3-4,13H2. The Kier molecular flexibility index (Phi) is 2.37. The highest BCUT2D eigenvalue weighted by Gasteiger charge is 2.46. The van der Waals surface area contributed by atoms with Crippen molar-refractivity contribution in [1.82, 2.24) is 0 Å². The van der Waals surface area contributed by atoms with Gasteiger partial charge in [0.05, 0.1) is 6.10 Å². The first kappa shape index (κ1) is 10.1. The number of hydrogen-bond acceptors (Lipinski definition) is 2. The molecule has 1 atom stereocenters. The third-order valence-electron chi connectivity index (χ3n) is 2.62. The molecule has 1 aliphatic rings. The molecule has 2 rings (SSSR count). The van der Waals surface area contributed by atoms with Gasteiger partial charge in [-0.05, 0) is 31.0 Å². The van der Waals surface area contributed by atoms with E-state index in [-0.39, 0.29) is 5.56 Å². The summed E-state index contributed by atoms with van der Waals surface area (Å²) in [4.78, 5) is 0. The summed E-state index contributed by atoms with van der Waals surface area (Å²) >= 11 is 3.23. The summed E-state index contributed by atoms with van der Waals surface area (Å²) < 4.78 is 14.1. The largest absolute Gasteiger partial charge is 0.386 e. The molecule has 0 amide bonds. The molecule has 4 heteroatoms. The fourth-order valence-corrected chi connectivity index (χ4v) is 1.83. The molecule has 0 radical (unpaired) electrons. The molecule has 0 aromatic heterocycles. The molecule has 0 spiro atoms. The summed E-state index contributed by atoms with van der Waals surface area (Å²) in [6, 6.07) is 4.50. The van der Waals surface area contributed by atoms with Gasteiger partial charge in [-0.3, -0.25) is 0 Å². The van der Waals surface area contributed by atoms with Crippen molar-refractivity contribution in [3.63, 3.8) is 0 Å². The van der Waals surface area contributed by atoms with E-state index in [4.69, 9.17) is 5.73 Å². The lowest BCUT2D eigenvalue weighted by atomic mass is 10.0. The lowest BCUT2D eigenvalue weighted by Crippen LogP contribution is -2.31. The van der Waals surface area contributed by atoms with Crippen molar-refractivity contribution >= 4 is 15.9 Å². The molecule has 2 nitrogen and oxygen atoms in total. The van der Waals surface area contributed by atoms with E-state index in [9.17, 15) is 9.50 Å². The lowest BCUT2D eigenvalue weighted by Gasteiger charge is -2.18. The van der Waals surface area contributed by atoms with E-state index in [0.717, 1.165) is 17.3 Å². The highest BCUT2D eigenvalue weighted by molar-refractivity contribution is 9.10. The highest BCUT2D eigenvalue weighted by Crippen LogP contribution is 2.44. The molecular formula is C10H11BrFNO. The zero-order valence-corrected chi connectivity index (χ0v) is 9.09. The summed E-state index contributed by atoms with van der Waals surface area (Å²) in [6.07, 6.45) is 0.597. The van der Waals surface area contributed by atoms with Crippen LogP contribution in [-0.4, -0.2) is 10.6 Å². The maximum absolute atomic E-state index is 13.3. The SMILES string of the molecule is NC1(C(O)c2cc(Br)ccc2F)CC1. The van der Waals surface area contributed by atoms with Crippen LogP contribution in [0.4, 0.5) is 4.39 Å². The summed E-state index contributed by atoms with van der Waals surface area (Å²) in [6.45, 7) is 0. The van der Waals surface area contributed by atoms with Gasteiger partial charge in [0.1, 0.15) is 5.82 Å². The summed E-state index contributed by atoms with van der Waals surface area (Å²) in [5, 5.41) is 9.84. The van der Waals surface area contributed by atoms with Crippen LogP contribution >= 0.6 is 15.9 Å². The number of aliphatic hydroxyl groups excluding tert-OH is 1. The molecule has 1 saturated carbocycles. The first-order chi connectivity index (χ1) is 6.53. The van der Waals surface area contributed by atoms with Crippen molar-refractivity contribution in [2.45, 2.75) is 24.5 Å². The maximum Gasteiger partial charge on any atom is 0.129 e. The average molecular weight is 260 g/mol. The van der Waals surface area contributed by atoms with Crippen LogP contribution < -0.4 is 5.73 Å². The van der Waals surface area contributed by atoms with E-state index in [1.807, 2.05) is 0 Å². The number of rotatable bonds is 2. The molecule has 0 heterocycles. The highest BCUT2D eigenvalue weighted by atomic mass is 79.9. The first-order valence-electron chi connectivity index (χ1n) is 4.45. The molecule has 1 fully saturated rings. The molecular weight excluding hydrogens is 249 g/mol. The Morgan fingerprint density at radius 3 is 2.71 bits per heavy atom. The van der Waals surface area contributed by atoms with Gasteiger partial charge in [-0.25, -0.2) is 4.39 Å². The van der Waals surface area contributed by atoms with Crippen LogP contribution in [0.5, 0.6) is 0 Å². The van der Waals surface area contributed by atoms with E-state index >= 15 is 0 Å². The number of hydrogen-bond donors (Lipinski definition) is 2. The molecule has 76 valence electrons. The second kappa shape index (κ2) is 3.29. The predicted molar refractivity (Wildman–Crippen MR) is 55.2 cm³/mol. The van der Waals surface area contributed by atoms with Gasteiger partial charge in [-0.2, -0.15) is 0 Å². The molecule has 1 aliphatic carbocycles. The molecule has 1 aromatic rings. The van der Waals surface area contributed by atoms with Gasteiger partial charge in [-0.1, -0.05) is 15.9 Å². The number of halogens is 2. The number of benzene rings is 1. The topological polar surface area (TPSA) is 46.2 Å². The molecule has 1 unspecified atom stereocenters. The van der Waals surface area contributed by atoms with Crippen molar-refractivity contribution in [1.29, 1.82) is 0 Å². The average Bonchev–Trinajstić information content (AvgIpc) is 2.88. The molecule has 0 aliphatic heterocycles. The van der Waals surface area contributed by atoms with E-state index in [2.05, 4.69) is 15.9 Å². The second-order valence-electron chi connectivity index (χ2n) is 3.80. The normalized spacial score (nSPS) is 20.6. The van der Waals surface area contributed by atoms with Crippen molar-refractivity contribution in [2.75, 3.05) is 0 Å². The Labute approximate surface area is 90.1 Å². The lowest BCUT2D eigenvalue weighted by molar-refractivity contribution is 0.132. The van der Waals surface area contributed by atoms with Crippen LogP contribution in [0.25, 0.3) is 0 Å². The fourth-order valence-electron chi connectivity index (χ4n) is 1.45. The fraction of sp³-hybridized carbons (Fsp3) is 0.400. The van der Waals surface area contributed by atoms with E-state index in [0.29, 0.717) is 0 Å². The summed E-state index contributed by atoms with van der Waals surface area (Å²) in [5.74, 6) is -0.405. The maximum atomic E-state index is 13.3. The predicted octanol–water partition coefficient (Wildman–Crippen LogP) is 2.11. The van der Waals surface area contributed by atoms with Crippen molar-refractivity contribution in [2.24, 2.45) is 5.73 Å². The molecule has 0 saturated heterocycles. The van der Waals surface area contributed by atoms with Gasteiger partial charge in [0.15, 0.2) is 0 Å². The Morgan fingerprint density at radius 1 is 1.50 bits per heavy atom. The zero-order chi connectivity index (χ0) is 10.3. The zero-order valence-electron chi connectivity index (χ0n) is 7.50. The smallest absolute Gasteiger partial charge is 0.129 e. The minimum atomic E-state index is -0.903. The minimum Gasteiger partial charge on any atom is -0.386 e. The summed E-state index contributed by atoms with van der Waals surface area (Å²) in [7, 11) is 0. The van der Waals surface area contributed by atoms with Crippen LogP contribution in [0.2, 0.25) is 0 Å². The monoisotopic (exact) mass is 259 g/mol. The van der Waals surface area contributed by atoms with Crippen molar-refractivity contribution in [3.8, 4) is 0 Å². The third kappa shape index (κ3) is 1.69. The van der Waals surface area contributed by atoms with Gasteiger partial charge < -0.3 is 10.8 Å². The van der Waals surface area contributed by atoms with E-state index in [1.165, 1.54) is 6.07 Å². The Bertz CT molecular complexity index is 365. The Hall–Kier alpha value is -0.450. The molecule has 14 heavy (non-hydrogen) atoms. The first-order valence-corrected chi connectivity index (χ1v) is 5.24. The Morgan fingerprint density at radius 2 is 2.14 bits per heavy atom. The molecule has 3 N–H and O–H groups in total. The van der Waals surface area contributed by atoms with Crippen molar-refractivity contribution in [3.05, 3.63) is 34.1 Å². The van der Waals surface area contributed by atoms with Crippen molar-refractivity contribution < 1.29 is 9.50 Å². The second-order valence-corrected chi connectivity index (χ2v) is 4.72. The van der Waals surface area contributed by atoms with Crippen LogP contribution in [0, 0.1) is 5.82 Å². The van der Waals surface area contributed by atoms with Gasteiger partial charge in [0, 0.05) is 15.6 Å². The minimum absolute atomic E-state index is 0.277. The van der Waals surface area contributed by atoms with Gasteiger partial charge in [0.2, 0.25) is 0 Å². The van der Waals surface area contributed by atoms with Crippen LogP contribution in [-0.2, 0) is 0 Å².